The quantitative estimate of drug-likeness (QED) is 0.754. The van der Waals surface area contributed by atoms with Gasteiger partial charge in [0.15, 0.2) is 0 Å². The van der Waals surface area contributed by atoms with Crippen molar-refractivity contribution in [3.63, 3.8) is 0 Å². The number of hydrogen-bond donors (Lipinski definition) is 1. The summed E-state index contributed by atoms with van der Waals surface area (Å²) >= 11 is 0. The number of aromatic nitrogens is 5. The van der Waals surface area contributed by atoms with Gasteiger partial charge in [0, 0.05) is 24.9 Å². The molecule has 9 heteroatoms. The summed E-state index contributed by atoms with van der Waals surface area (Å²) in [6.45, 7) is 1.59. The maximum absolute atomic E-state index is 13.3. The molecule has 4 rings (SSSR count). The Labute approximate surface area is 147 Å². The Bertz CT molecular complexity index is 1070. The van der Waals surface area contributed by atoms with Crippen molar-refractivity contribution in [2.75, 3.05) is 11.4 Å². The van der Waals surface area contributed by atoms with E-state index in [9.17, 15) is 14.4 Å². The zero-order valence-electron chi connectivity index (χ0n) is 13.7. The van der Waals surface area contributed by atoms with E-state index >= 15 is 0 Å². The molecule has 0 amide bonds. The summed E-state index contributed by atoms with van der Waals surface area (Å²) in [5, 5.41) is 15.3. The van der Waals surface area contributed by atoms with Crippen LogP contribution in [0, 0.1) is 17.1 Å². The number of nitrogens with one attached hydrogen (secondary N) is 1. The maximum Gasteiger partial charge on any atom is 0.284 e. The average molecular weight is 351 g/mol. The number of aromatic amines is 1. The Kier molecular flexibility index (Phi) is 3.93. The van der Waals surface area contributed by atoms with Gasteiger partial charge < -0.3 is 9.47 Å². The van der Waals surface area contributed by atoms with Gasteiger partial charge in [0.05, 0.1) is 43.2 Å². The second-order valence-corrected chi connectivity index (χ2v) is 6.02. The van der Waals surface area contributed by atoms with Crippen molar-refractivity contribution >= 4 is 5.69 Å². The molecule has 1 aliphatic heterocycles. The third-order valence-corrected chi connectivity index (χ3v) is 4.39. The summed E-state index contributed by atoms with van der Waals surface area (Å²) in [5.74, 6) is -0.367. The highest BCUT2D eigenvalue weighted by molar-refractivity contribution is 5.57. The molecule has 3 aromatic heterocycles. The van der Waals surface area contributed by atoms with Gasteiger partial charge in [0.25, 0.3) is 5.56 Å². The van der Waals surface area contributed by atoms with Crippen molar-refractivity contribution in [1.29, 1.82) is 5.26 Å². The highest BCUT2D eigenvalue weighted by Gasteiger charge is 2.24. The summed E-state index contributed by atoms with van der Waals surface area (Å²) in [6.07, 6.45) is 6.70. The first kappa shape index (κ1) is 16.0. The number of nitrogens with zero attached hydrogens (tertiary/aromatic N) is 6. The maximum atomic E-state index is 13.3. The lowest BCUT2D eigenvalue weighted by Crippen LogP contribution is -2.33. The van der Waals surface area contributed by atoms with Gasteiger partial charge in [-0.2, -0.15) is 10.4 Å². The minimum atomic E-state index is -0.500. The molecule has 0 atom stereocenters. The Balaban J connectivity index is 1.60. The first-order chi connectivity index (χ1) is 12.7. The fourth-order valence-corrected chi connectivity index (χ4v) is 3.19. The molecule has 130 valence electrons. The van der Waals surface area contributed by atoms with Crippen LogP contribution in [-0.4, -0.2) is 31.3 Å². The van der Waals surface area contributed by atoms with Gasteiger partial charge in [-0.1, -0.05) is 0 Å². The number of halogens is 1. The number of anilines is 1. The van der Waals surface area contributed by atoms with Crippen LogP contribution in [0.5, 0.6) is 0 Å². The van der Waals surface area contributed by atoms with Gasteiger partial charge >= 0.3 is 0 Å². The van der Waals surface area contributed by atoms with Crippen LogP contribution in [0.2, 0.25) is 0 Å². The van der Waals surface area contributed by atoms with Crippen LogP contribution in [0.25, 0.3) is 0 Å². The van der Waals surface area contributed by atoms with E-state index in [4.69, 9.17) is 0 Å². The topological polar surface area (TPSA) is 103 Å². The standard InChI is InChI=1S/C17H14FN7O/c18-12-3-11(5-20-6-12)8-25-10-21-14-9-24(2-1-15(14)25)16-7-22-23-17(26)13(16)4-19/h3,5-7,10H,1-2,8-9H2,(H,23,26). The minimum absolute atomic E-state index is 0.0497. The van der Waals surface area contributed by atoms with Gasteiger partial charge in [-0.05, 0) is 11.6 Å². The number of rotatable bonds is 3. The molecule has 26 heavy (non-hydrogen) atoms. The van der Waals surface area contributed by atoms with Crippen LogP contribution >= 0.6 is 0 Å². The van der Waals surface area contributed by atoms with Crippen LogP contribution in [0.4, 0.5) is 10.1 Å². The molecule has 0 radical (unpaired) electrons. The van der Waals surface area contributed by atoms with Crippen LogP contribution in [0.15, 0.2) is 35.8 Å². The monoisotopic (exact) mass is 351 g/mol. The molecule has 1 N–H and O–H groups in total. The number of hydrogen-bond acceptors (Lipinski definition) is 6. The average Bonchev–Trinajstić information content (AvgIpc) is 3.03. The number of fused-ring (bicyclic) bond motifs is 1. The molecular formula is C17H14FN7O. The van der Waals surface area contributed by atoms with Crippen LogP contribution in [-0.2, 0) is 19.5 Å². The number of imidazole rings is 1. The molecule has 0 bridgehead atoms. The van der Waals surface area contributed by atoms with Crippen molar-refractivity contribution in [2.45, 2.75) is 19.5 Å². The van der Waals surface area contributed by atoms with Gasteiger partial charge in [0.2, 0.25) is 0 Å². The molecule has 0 saturated carbocycles. The van der Waals surface area contributed by atoms with Gasteiger partial charge in [-0.25, -0.2) is 14.5 Å². The van der Waals surface area contributed by atoms with E-state index in [0.29, 0.717) is 31.7 Å². The zero-order chi connectivity index (χ0) is 18.1. The van der Waals surface area contributed by atoms with Crippen molar-refractivity contribution in [1.82, 2.24) is 24.7 Å². The van der Waals surface area contributed by atoms with Crippen molar-refractivity contribution < 1.29 is 4.39 Å². The normalized spacial score (nSPS) is 13.3. The largest absolute Gasteiger partial charge is 0.363 e. The molecule has 0 spiro atoms. The van der Waals surface area contributed by atoms with E-state index in [0.717, 1.165) is 17.0 Å². The predicted molar refractivity (Wildman–Crippen MR) is 89.9 cm³/mol. The molecule has 4 heterocycles. The van der Waals surface area contributed by atoms with E-state index in [1.165, 1.54) is 18.5 Å². The van der Waals surface area contributed by atoms with E-state index in [1.54, 1.807) is 12.5 Å². The second-order valence-electron chi connectivity index (χ2n) is 6.02. The lowest BCUT2D eigenvalue weighted by molar-refractivity contribution is 0.613. The van der Waals surface area contributed by atoms with E-state index in [2.05, 4.69) is 20.2 Å². The molecule has 0 aromatic carbocycles. The third kappa shape index (κ3) is 2.82. The van der Waals surface area contributed by atoms with Crippen molar-refractivity contribution in [3.8, 4) is 6.07 Å². The van der Waals surface area contributed by atoms with Gasteiger partial charge in [0.1, 0.15) is 17.4 Å². The minimum Gasteiger partial charge on any atom is -0.363 e. The van der Waals surface area contributed by atoms with Gasteiger partial charge in [-0.15, -0.1) is 0 Å². The van der Waals surface area contributed by atoms with E-state index in [-0.39, 0.29) is 11.4 Å². The second kappa shape index (κ2) is 6.40. The van der Waals surface area contributed by atoms with Crippen molar-refractivity contribution in [3.05, 3.63) is 69.7 Å². The summed E-state index contributed by atoms with van der Waals surface area (Å²) < 4.78 is 15.3. The number of nitriles is 1. The Morgan fingerprint density at radius 2 is 2.23 bits per heavy atom. The van der Waals surface area contributed by atoms with Crippen LogP contribution in [0.3, 0.4) is 0 Å². The molecule has 8 nitrogen and oxygen atoms in total. The number of pyridine rings is 1. The number of H-pyrrole nitrogens is 1. The van der Waals surface area contributed by atoms with Gasteiger partial charge in [-0.3, -0.25) is 9.78 Å². The van der Waals surface area contributed by atoms with E-state index in [1.807, 2.05) is 15.5 Å². The Morgan fingerprint density at radius 3 is 3.04 bits per heavy atom. The fourth-order valence-electron chi connectivity index (χ4n) is 3.19. The first-order valence-corrected chi connectivity index (χ1v) is 8.00. The van der Waals surface area contributed by atoms with E-state index < -0.39 is 5.56 Å². The first-order valence-electron chi connectivity index (χ1n) is 8.00. The highest BCUT2D eigenvalue weighted by Crippen LogP contribution is 2.24. The molecule has 0 unspecified atom stereocenters. The summed E-state index contributed by atoms with van der Waals surface area (Å²) in [6, 6.07) is 3.39. The van der Waals surface area contributed by atoms with Crippen molar-refractivity contribution in [2.24, 2.45) is 0 Å². The molecule has 1 aliphatic rings. The molecule has 0 aliphatic carbocycles. The molecule has 0 fully saturated rings. The molecule has 0 saturated heterocycles. The lowest BCUT2D eigenvalue weighted by Gasteiger charge is -2.29. The SMILES string of the molecule is N#Cc1c(N2CCc3c(ncn3Cc3cncc(F)c3)C2)cn[nH]c1=O. The summed E-state index contributed by atoms with van der Waals surface area (Å²) in [5.41, 5.74) is 2.74. The molecule has 3 aromatic rings. The zero-order valence-corrected chi connectivity index (χ0v) is 13.7. The third-order valence-electron chi connectivity index (χ3n) is 4.39. The summed E-state index contributed by atoms with van der Waals surface area (Å²) in [4.78, 5) is 22.0. The van der Waals surface area contributed by atoms with Crippen LogP contribution < -0.4 is 10.5 Å². The Morgan fingerprint density at radius 1 is 1.35 bits per heavy atom. The smallest absolute Gasteiger partial charge is 0.284 e. The fraction of sp³-hybridized carbons (Fsp3) is 0.235. The summed E-state index contributed by atoms with van der Waals surface area (Å²) in [7, 11) is 0. The predicted octanol–water partition coefficient (Wildman–Crippen LogP) is 0.983. The van der Waals surface area contributed by atoms with Crippen LogP contribution in [0.1, 0.15) is 22.5 Å². The Hall–Kier alpha value is -3.54. The lowest BCUT2D eigenvalue weighted by atomic mass is 10.1. The highest BCUT2D eigenvalue weighted by atomic mass is 19.1. The molecular weight excluding hydrogens is 337 g/mol.